The van der Waals surface area contributed by atoms with E-state index < -0.39 is 0 Å². The van der Waals surface area contributed by atoms with Crippen LogP contribution >= 0.6 is 0 Å². The van der Waals surface area contributed by atoms with Gasteiger partial charge in [0.15, 0.2) is 18.1 Å². The fraction of sp³-hybridized carbons (Fsp3) is 0.714. The van der Waals surface area contributed by atoms with Crippen molar-refractivity contribution in [2.45, 2.75) is 40.2 Å². The van der Waals surface area contributed by atoms with Gasteiger partial charge in [0.2, 0.25) is 0 Å². The lowest BCUT2D eigenvalue weighted by Gasteiger charge is -2.39. The van der Waals surface area contributed by atoms with Gasteiger partial charge in [0.25, 0.3) is 0 Å². The molecule has 1 saturated carbocycles. The summed E-state index contributed by atoms with van der Waals surface area (Å²) in [6.07, 6.45) is 5.17. The van der Waals surface area contributed by atoms with Gasteiger partial charge in [0, 0.05) is 0 Å². The van der Waals surface area contributed by atoms with Crippen LogP contribution in [-0.2, 0) is 4.74 Å². The van der Waals surface area contributed by atoms with Crippen molar-refractivity contribution in [2.24, 2.45) is 22.7 Å². The van der Waals surface area contributed by atoms with Crippen LogP contribution in [0.1, 0.15) is 34.1 Å². The average Bonchev–Trinajstić information content (AvgIpc) is 2.73. The Morgan fingerprint density at radius 3 is 2.59 bits per heavy atom. The molecule has 3 heteroatoms. The van der Waals surface area contributed by atoms with E-state index >= 15 is 0 Å². The molecule has 17 heavy (non-hydrogen) atoms. The smallest absolute Gasteiger partial charge is 0.392 e. The Bertz CT molecular complexity index is 385. The van der Waals surface area contributed by atoms with Crippen LogP contribution in [0.5, 0.6) is 0 Å². The zero-order chi connectivity index (χ0) is 12.6. The lowest BCUT2D eigenvalue weighted by molar-refractivity contribution is -0.535. The molecule has 2 rings (SSSR count). The van der Waals surface area contributed by atoms with E-state index in [0.717, 1.165) is 23.4 Å². The molecule has 0 spiro atoms. The third kappa shape index (κ3) is 2.28. The first kappa shape index (κ1) is 12.3. The van der Waals surface area contributed by atoms with E-state index in [1.807, 2.05) is 0 Å². The Kier molecular flexibility index (Phi) is 3.36. The summed E-state index contributed by atoms with van der Waals surface area (Å²) in [5.41, 5.74) is 1.00. The number of ether oxygens (including phenoxy) is 1. The lowest BCUT2D eigenvalue weighted by atomic mass is 9.66. The molecular formula is C14H23N2O+. The maximum atomic E-state index is 5.51. The molecule has 0 radical (unpaired) electrons. The summed E-state index contributed by atoms with van der Waals surface area (Å²) in [5.74, 6) is 3.10. The summed E-state index contributed by atoms with van der Waals surface area (Å²) in [6, 6.07) is 0.423. The summed E-state index contributed by atoms with van der Waals surface area (Å²) in [4.78, 5) is 4.35. The van der Waals surface area contributed by atoms with Crippen LogP contribution in [-0.4, -0.2) is 30.0 Å². The van der Waals surface area contributed by atoms with E-state index in [2.05, 4.69) is 50.4 Å². The van der Waals surface area contributed by atoms with Gasteiger partial charge in [-0.15, -0.1) is 0 Å². The Balaban J connectivity index is 2.23. The largest absolute Gasteiger partial charge is 0.395 e. The van der Waals surface area contributed by atoms with E-state index in [4.69, 9.17) is 4.74 Å². The van der Waals surface area contributed by atoms with E-state index in [1.54, 1.807) is 6.40 Å². The monoisotopic (exact) mass is 235 g/mol. The number of rotatable bonds is 2. The highest BCUT2D eigenvalue weighted by Crippen LogP contribution is 2.41. The van der Waals surface area contributed by atoms with Gasteiger partial charge in [-0.1, -0.05) is 13.8 Å². The minimum Gasteiger partial charge on any atom is -0.392 e. The molecule has 0 aromatic carbocycles. The van der Waals surface area contributed by atoms with E-state index in [1.165, 1.54) is 6.42 Å². The number of allylic oxidation sites excluding steroid dienone is 1. The molecule has 3 nitrogen and oxygen atoms in total. The second kappa shape index (κ2) is 4.63. The first-order chi connectivity index (χ1) is 8.00. The van der Waals surface area contributed by atoms with Crippen LogP contribution in [0.15, 0.2) is 16.8 Å². The zero-order valence-electron chi connectivity index (χ0n) is 11.5. The Labute approximate surface area is 104 Å². The molecule has 2 aliphatic rings. The van der Waals surface area contributed by atoms with E-state index in [0.29, 0.717) is 12.0 Å². The number of nitrogens with zero attached hydrogens (tertiary/aromatic N) is 2. The highest BCUT2D eigenvalue weighted by atomic mass is 16.5. The molecule has 0 aromatic rings. The second-order valence-corrected chi connectivity index (χ2v) is 5.68. The van der Waals surface area contributed by atoms with Gasteiger partial charge in [0.1, 0.15) is 7.05 Å². The molecule has 0 amide bonds. The maximum absolute atomic E-state index is 5.51. The van der Waals surface area contributed by atoms with Gasteiger partial charge in [-0.3, -0.25) is 0 Å². The van der Waals surface area contributed by atoms with Crippen LogP contribution in [0.2, 0.25) is 0 Å². The van der Waals surface area contributed by atoms with Crippen molar-refractivity contribution in [1.82, 2.24) is 0 Å². The van der Waals surface area contributed by atoms with E-state index in [9.17, 15) is 0 Å². The fourth-order valence-electron chi connectivity index (χ4n) is 2.64. The van der Waals surface area contributed by atoms with Crippen molar-refractivity contribution >= 4 is 12.3 Å². The fourth-order valence-corrected chi connectivity index (χ4v) is 2.64. The predicted octanol–water partition coefficient (Wildman–Crippen LogP) is 2.67. The molecule has 1 aliphatic heterocycles. The molecule has 0 saturated heterocycles. The number of aliphatic imine (C=N–C) groups is 1. The van der Waals surface area contributed by atoms with Crippen LogP contribution in [0.25, 0.3) is 0 Å². The summed E-state index contributed by atoms with van der Waals surface area (Å²) >= 11 is 0. The molecule has 2 unspecified atom stereocenters. The molecular weight excluding hydrogens is 212 g/mol. The summed E-state index contributed by atoms with van der Waals surface area (Å²) < 4.78 is 7.64. The highest BCUT2D eigenvalue weighted by Gasteiger charge is 2.35. The number of hydrogen-bond donors (Lipinski definition) is 0. The molecule has 0 N–H and O–H groups in total. The Hall–Kier alpha value is -1.12. The van der Waals surface area contributed by atoms with Crippen molar-refractivity contribution in [3.63, 3.8) is 0 Å². The van der Waals surface area contributed by atoms with Crippen LogP contribution in [0.4, 0.5) is 0 Å². The van der Waals surface area contributed by atoms with Gasteiger partial charge >= 0.3 is 5.90 Å². The van der Waals surface area contributed by atoms with Gasteiger partial charge in [-0.05, 0) is 44.1 Å². The predicted molar refractivity (Wildman–Crippen MR) is 70.4 cm³/mol. The minimum atomic E-state index is 0.423. The molecule has 0 bridgehead atoms. The van der Waals surface area contributed by atoms with Crippen LogP contribution in [0, 0.1) is 17.8 Å². The quantitative estimate of drug-likeness (QED) is 0.675. The maximum Gasteiger partial charge on any atom is 0.395 e. The standard InChI is InChI=1S/C14H23N2O/c1-9(2)16(5)14-13(15-8-17-14)7-12-10(3)6-11(12)4/h7-12H,6H2,1-5H3/q+1/b13-7+,16-14-. The van der Waals surface area contributed by atoms with Gasteiger partial charge in [-0.25, -0.2) is 4.99 Å². The SMILES string of the molecule is CC1CC(C)C1/C=C1/N=CO/C1=[N+](/C)C(C)C. The zero-order valence-corrected chi connectivity index (χ0v) is 11.5. The second-order valence-electron chi connectivity index (χ2n) is 5.68. The third-order valence-corrected chi connectivity index (χ3v) is 4.08. The number of hydrogen-bond acceptors (Lipinski definition) is 2. The minimum absolute atomic E-state index is 0.423. The van der Waals surface area contributed by atoms with Crippen molar-refractivity contribution in [3.8, 4) is 0 Å². The molecule has 1 heterocycles. The summed E-state index contributed by atoms with van der Waals surface area (Å²) in [5, 5.41) is 0. The van der Waals surface area contributed by atoms with Crippen LogP contribution < -0.4 is 0 Å². The molecule has 94 valence electrons. The summed E-state index contributed by atoms with van der Waals surface area (Å²) in [6.45, 7) is 8.93. The first-order valence-electron chi connectivity index (χ1n) is 6.52. The van der Waals surface area contributed by atoms with Crippen molar-refractivity contribution < 1.29 is 9.31 Å². The molecule has 2 atom stereocenters. The molecule has 0 aromatic heterocycles. The van der Waals surface area contributed by atoms with Crippen molar-refractivity contribution in [1.29, 1.82) is 0 Å². The highest BCUT2D eigenvalue weighted by molar-refractivity contribution is 5.98. The van der Waals surface area contributed by atoms with Gasteiger partial charge in [0.05, 0.1) is 0 Å². The topological polar surface area (TPSA) is 24.6 Å². The van der Waals surface area contributed by atoms with Crippen LogP contribution in [0.3, 0.4) is 0 Å². The van der Waals surface area contributed by atoms with E-state index in [-0.39, 0.29) is 0 Å². The summed E-state index contributed by atoms with van der Waals surface area (Å²) in [7, 11) is 2.05. The van der Waals surface area contributed by atoms with Crippen molar-refractivity contribution in [3.05, 3.63) is 11.8 Å². The van der Waals surface area contributed by atoms with Gasteiger partial charge < -0.3 is 4.74 Å². The van der Waals surface area contributed by atoms with Crippen molar-refractivity contribution in [2.75, 3.05) is 7.05 Å². The lowest BCUT2D eigenvalue weighted by Crippen LogP contribution is -2.32. The average molecular weight is 235 g/mol. The normalized spacial score (nSPS) is 37.3. The first-order valence-corrected chi connectivity index (χ1v) is 6.52. The Morgan fingerprint density at radius 1 is 1.41 bits per heavy atom. The molecule has 1 aliphatic carbocycles. The Morgan fingerprint density at radius 2 is 2.06 bits per heavy atom. The third-order valence-electron chi connectivity index (χ3n) is 4.08. The molecule has 1 fully saturated rings. The van der Waals surface area contributed by atoms with Gasteiger partial charge in [-0.2, -0.15) is 4.58 Å².